The monoisotopic (exact) mass is 247 g/mol. The van der Waals surface area contributed by atoms with E-state index in [1.165, 1.54) is 0 Å². The van der Waals surface area contributed by atoms with Crippen LogP contribution in [0.3, 0.4) is 0 Å². The molecule has 2 aromatic rings. The third-order valence-corrected chi connectivity index (χ3v) is 2.68. The van der Waals surface area contributed by atoms with Gasteiger partial charge in [0, 0.05) is 12.2 Å². The lowest BCUT2D eigenvalue weighted by atomic mass is 10.2. The number of halogens is 1. The molecule has 0 saturated carbocycles. The second-order valence-corrected chi connectivity index (χ2v) is 4.78. The molecule has 0 aliphatic heterocycles. The molecule has 0 aliphatic rings. The molecule has 0 saturated heterocycles. The minimum Gasteiger partial charge on any atom is -0.353 e. The molecular weight excluding hydrogens is 229 g/mol. The fourth-order valence-corrected chi connectivity index (χ4v) is 1.86. The van der Waals surface area contributed by atoms with E-state index in [0.717, 1.165) is 5.69 Å². The maximum Gasteiger partial charge on any atom is 0.208 e. The van der Waals surface area contributed by atoms with Gasteiger partial charge in [0.1, 0.15) is 5.82 Å². The van der Waals surface area contributed by atoms with Crippen molar-refractivity contribution in [2.75, 3.05) is 5.32 Å². The molecule has 0 amide bonds. The Kier molecular flexibility index (Phi) is 3.36. The first-order chi connectivity index (χ1) is 8.49. The number of imidazole rings is 1. The zero-order valence-electron chi connectivity index (χ0n) is 11.2. The van der Waals surface area contributed by atoms with Crippen LogP contribution in [0.2, 0.25) is 0 Å². The Labute approximate surface area is 107 Å². The first-order valence-corrected chi connectivity index (χ1v) is 6.07. The standard InChI is InChI=1S/C14H18FN3/c1-9(2)16-14-17-11(4)8-18(14)12-7-5-6-10(3)13(12)15/h5-9H,1-4H3,(H,16,17). The van der Waals surface area contributed by atoms with Crippen molar-refractivity contribution in [3.05, 3.63) is 41.5 Å². The zero-order valence-corrected chi connectivity index (χ0v) is 11.2. The fourth-order valence-electron chi connectivity index (χ4n) is 1.86. The number of benzene rings is 1. The smallest absolute Gasteiger partial charge is 0.208 e. The molecule has 96 valence electrons. The molecule has 0 aliphatic carbocycles. The van der Waals surface area contributed by atoms with Crippen LogP contribution in [0.5, 0.6) is 0 Å². The van der Waals surface area contributed by atoms with Crippen LogP contribution < -0.4 is 5.32 Å². The van der Waals surface area contributed by atoms with Gasteiger partial charge in [0.2, 0.25) is 5.95 Å². The summed E-state index contributed by atoms with van der Waals surface area (Å²) in [7, 11) is 0. The second-order valence-electron chi connectivity index (χ2n) is 4.78. The molecule has 3 nitrogen and oxygen atoms in total. The summed E-state index contributed by atoms with van der Waals surface area (Å²) in [6.07, 6.45) is 1.84. The summed E-state index contributed by atoms with van der Waals surface area (Å²) in [5, 5.41) is 3.22. The van der Waals surface area contributed by atoms with E-state index < -0.39 is 0 Å². The lowest BCUT2D eigenvalue weighted by Gasteiger charge is -2.13. The van der Waals surface area contributed by atoms with Gasteiger partial charge in [0.05, 0.1) is 11.4 Å². The normalized spacial score (nSPS) is 11.0. The average molecular weight is 247 g/mol. The van der Waals surface area contributed by atoms with Crippen molar-refractivity contribution >= 4 is 5.95 Å². The topological polar surface area (TPSA) is 29.9 Å². The summed E-state index contributed by atoms with van der Waals surface area (Å²) in [6.45, 7) is 7.72. The van der Waals surface area contributed by atoms with Crippen LogP contribution in [0.15, 0.2) is 24.4 Å². The molecule has 18 heavy (non-hydrogen) atoms. The third-order valence-electron chi connectivity index (χ3n) is 2.68. The summed E-state index contributed by atoms with van der Waals surface area (Å²) < 4.78 is 15.9. The molecule has 0 atom stereocenters. The van der Waals surface area contributed by atoms with E-state index in [9.17, 15) is 4.39 Å². The Morgan fingerprint density at radius 3 is 2.67 bits per heavy atom. The van der Waals surface area contributed by atoms with Gasteiger partial charge in [0.25, 0.3) is 0 Å². The van der Waals surface area contributed by atoms with E-state index in [0.29, 0.717) is 17.2 Å². The van der Waals surface area contributed by atoms with E-state index in [2.05, 4.69) is 10.3 Å². The van der Waals surface area contributed by atoms with Crippen LogP contribution >= 0.6 is 0 Å². The lowest BCUT2D eigenvalue weighted by molar-refractivity contribution is 0.609. The van der Waals surface area contributed by atoms with Gasteiger partial charge in [-0.2, -0.15) is 0 Å². The maximum absolute atomic E-state index is 14.1. The first-order valence-electron chi connectivity index (χ1n) is 6.07. The summed E-state index contributed by atoms with van der Waals surface area (Å²) in [5.74, 6) is 0.466. The molecule has 0 spiro atoms. The van der Waals surface area contributed by atoms with Gasteiger partial charge in [-0.3, -0.25) is 4.57 Å². The molecule has 0 radical (unpaired) electrons. The van der Waals surface area contributed by atoms with Crippen LogP contribution in [0.1, 0.15) is 25.1 Å². The van der Waals surface area contributed by atoms with Crippen molar-refractivity contribution in [1.29, 1.82) is 0 Å². The minimum atomic E-state index is -0.207. The number of nitrogens with one attached hydrogen (secondary N) is 1. The van der Waals surface area contributed by atoms with Gasteiger partial charge in [0.15, 0.2) is 0 Å². The SMILES string of the molecule is Cc1cn(-c2cccc(C)c2F)c(NC(C)C)n1. The number of nitrogens with zero attached hydrogens (tertiary/aromatic N) is 2. The van der Waals surface area contributed by atoms with Crippen LogP contribution in [0.4, 0.5) is 10.3 Å². The Hall–Kier alpha value is -1.84. The summed E-state index contributed by atoms with van der Waals surface area (Å²) in [4.78, 5) is 4.38. The number of anilines is 1. The Morgan fingerprint density at radius 1 is 1.28 bits per heavy atom. The number of hydrogen-bond donors (Lipinski definition) is 1. The zero-order chi connectivity index (χ0) is 13.3. The minimum absolute atomic E-state index is 0.207. The molecule has 4 heteroatoms. The largest absolute Gasteiger partial charge is 0.353 e. The van der Waals surface area contributed by atoms with Crippen molar-refractivity contribution in [3.8, 4) is 5.69 Å². The molecule has 0 bridgehead atoms. The Morgan fingerprint density at radius 2 is 2.00 bits per heavy atom. The average Bonchev–Trinajstić information content (AvgIpc) is 2.62. The Bertz CT molecular complexity index is 558. The van der Waals surface area contributed by atoms with Crippen LogP contribution in [0, 0.1) is 19.7 Å². The number of rotatable bonds is 3. The van der Waals surface area contributed by atoms with Crippen molar-refractivity contribution < 1.29 is 4.39 Å². The van der Waals surface area contributed by atoms with Crippen molar-refractivity contribution in [3.63, 3.8) is 0 Å². The van der Waals surface area contributed by atoms with Gasteiger partial charge >= 0.3 is 0 Å². The predicted octanol–water partition coefficient (Wildman–Crippen LogP) is 3.45. The van der Waals surface area contributed by atoms with Crippen LogP contribution in [-0.4, -0.2) is 15.6 Å². The quantitative estimate of drug-likeness (QED) is 0.900. The van der Waals surface area contributed by atoms with Crippen molar-refractivity contribution in [2.45, 2.75) is 33.7 Å². The lowest BCUT2D eigenvalue weighted by Crippen LogP contribution is -2.14. The molecule has 0 fully saturated rings. The molecule has 1 aromatic carbocycles. The molecular formula is C14H18FN3. The highest BCUT2D eigenvalue weighted by atomic mass is 19.1. The molecule has 2 rings (SSSR count). The highest BCUT2D eigenvalue weighted by molar-refractivity contribution is 5.46. The second kappa shape index (κ2) is 4.80. The number of aryl methyl sites for hydroxylation is 2. The summed E-state index contributed by atoms with van der Waals surface area (Å²) in [5.41, 5.74) is 2.02. The fraction of sp³-hybridized carbons (Fsp3) is 0.357. The summed E-state index contributed by atoms with van der Waals surface area (Å²) in [6, 6.07) is 5.62. The van der Waals surface area contributed by atoms with Gasteiger partial charge in [-0.1, -0.05) is 12.1 Å². The maximum atomic E-state index is 14.1. The van der Waals surface area contributed by atoms with E-state index in [4.69, 9.17) is 0 Å². The van der Waals surface area contributed by atoms with E-state index in [1.807, 2.05) is 33.0 Å². The van der Waals surface area contributed by atoms with Crippen molar-refractivity contribution in [1.82, 2.24) is 9.55 Å². The van der Waals surface area contributed by atoms with Crippen molar-refractivity contribution in [2.24, 2.45) is 0 Å². The summed E-state index contributed by atoms with van der Waals surface area (Å²) >= 11 is 0. The predicted molar refractivity (Wildman–Crippen MR) is 71.8 cm³/mol. The van der Waals surface area contributed by atoms with Crippen LogP contribution in [0.25, 0.3) is 5.69 Å². The molecule has 1 aromatic heterocycles. The van der Waals surface area contributed by atoms with Gasteiger partial charge in [-0.25, -0.2) is 9.37 Å². The van der Waals surface area contributed by atoms with Gasteiger partial charge in [-0.15, -0.1) is 0 Å². The number of hydrogen-bond acceptors (Lipinski definition) is 2. The van der Waals surface area contributed by atoms with E-state index in [1.54, 1.807) is 23.6 Å². The van der Waals surface area contributed by atoms with Crippen LogP contribution in [-0.2, 0) is 0 Å². The third kappa shape index (κ3) is 2.37. The molecule has 0 unspecified atom stereocenters. The number of aromatic nitrogens is 2. The highest BCUT2D eigenvalue weighted by Crippen LogP contribution is 2.21. The van der Waals surface area contributed by atoms with E-state index in [-0.39, 0.29) is 11.9 Å². The van der Waals surface area contributed by atoms with E-state index >= 15 is 0 Å². The molecule has 1 N–H and O–H groups in total. The van der Waals surface area contributed by atoms with Gasteiger partial charge in [-0.05, 0) is 39.3 Å². The first kappa shape index (κ1) is 12.6. The van der Waals surface area contributed by atoms with Gasteiger partial charge < -0.3 is 5.32 Å². The highest BCUT2D eigenvalue weighted by Gasteiger charge is 2.13. The Balaban J connectivity index is 2.53. The molecule has 1 heterocycles.